The molecule has 5 heteroatoms. The number of nitrogens with zero attached hydrogens (tertiary/aromatic N) is 1. The lowest BCUT2D eigenvalue weighted by Crippen LogP contribution is -2.37. The van der Waals surface area contributed by atoms with E-state index < -0.39 is 6.04 Å². The number of hydrogen-bond donors (Lipinski definition) is 2. The molecular formula is C18H23N3O2. The summed E-state index contributed by atoms with van der Waals surface area (Å²) in [6.07, 6.45) is 4.05. The summed E-state index contributed by atoms with van der Waals surface area (Å²) in [4.78, 5) is 14.6. The first-order valence-electron chi connectivity index (χ1n) is 8.01. The van der Waals surface area contributed by atoms with E-state index in [1.807, 2.05) is 12.1 Å². The van der Waals surface area contributed by atoms with Crippen LogP contribution in [0.25, 0.3) is 0 Å². The van der Waals surface area contributed by atoms with Crippen LogP contribution < -0.4 is 11.1 Å². The Hall–Kier alpha value is -2.11. The highest BCUT2D eigenvalue weighted by Crippen LogP contribution is 2.20. The molecular weight excluding hydrogens is 290 g/mol. The fourth-order valence-electron chi connectivity index (χ4n) is 2.89. The molecule has 1 amide bonds. The standard InChI is InChI=1S/C18H23N3O2/c1-21-8-6-13-4-5-15(11-14(13)7-9-21)20-18(22)17(19)12-16-3-2-10-23-16/h2-5,10-11,17H,6-9,12,19H2,1H3,(H,20,22). The Bertz CT molecular complexity index is 667. The number of fused-ring (bicyclic) bond motifs is 1. The van der Waals surface area contributed by atoms with Crippen LogP contribution >= 0.6 is 0 Å². The topological polar surface area (TPSA) is 71.5 Å². The van der Waals surface area contributed by atoms with Gasteiger partial charge >= 0.3 is 0 Å². The highest BCUT2D eigenvalue weighted by Gasteiger charge is 2.17. The maximum atomic E-state index is 12.2. The van der Waals surface area contributed by atoms with Gasteiger partial charge in [0.25, 0.3) is 0 Å². The highest BCUT2D eigenvalue weighted by molar-refractivity contribution is 5.94. The van der Waals surface area contributed by atoms with Crippen molar-refractivity contribution in [2.24, 2.45) is 5.73 Å². The Labute approximate surface area is 136 Å². The molecule has 0 radical (unpaired) electrons. The van der Waals surface area contributed by atoms with Crippen molar-refractivity contribution in [3.05, 3.63) is 53.5 Å². The maximum Gasteiger partial charge on any atom is 0.241 e. The van der Waals surface area contributed by atoms with Crippen LogP contribution in [0, 0.1) is 0 Å². The molecule has 1 aromatic carbocycles. The molecule has 23 heavy (non-hydrogen) atoms. The second-order valence-corrected chi connectivity index (χ2v) is 6.17. The van der Waals surface area contributed by atoms with E-state index in [1.54, 1.807) is 12.3 Å². The van der Waals surface area contributed by atoms with E-state index in [4.69, 9.17) is 10.2 Å². The number of likely N-dealkylation sites (N-methyl/N-ethyl adjacent to an activating group) is 1. The van der Waals surface area contributed by atoms with Gasteiger partial charge in [0.1, 0.15) is 5.76 Å². The number of nitrogens with two attached hydrogens (primary N) is 1. The summed E-state index contributed by atoms with van der Waals surface area (Å²) in [6.45, 7) is 2.12. The number of nitrogens with one attached hydrogen (secondary N) is 1. The Morgan fingerprint density at radius 1 is 1.30 bits per heavy atom. The van der Waals surface area contributed by atoms with Crippen molar-refractivity contribution >= 4 is 11.6 Å². The fraction of sp³-hybridized carbons (Fsp3) is 0.389. The van der Waals surface area contributed by atoms with Gasteiger partial charge in [-0.05, 0) is 55.3 Å². The van der Waals surface area contributed by atoms with E-state index in [2.05, 4.69) is 29.4 Å². The number of amides is 1. The van der Waals surface area contributed by atoms with Gasteiger partial charge in [0.2, 0.25) is 5.91 Å². The Balaban J connectivity index is 1.64. The quantitative estimate of drug-likeness (QED) is 0.903. The van der Waals surface area contributed by atoms with Crippen molar-refractivity contribution in [3.8, 4) is 0 Å². The molecule has 3 rings (SSSR count). The second-order valence-electron chi connectivity index (χ2n) is 6.17. The molecule has 0 saturated carbocycles. The van der Waals surface area contributed by atoms with Gasteiger partial charge in [0, 0.05) is 25.2 Å². The first-order chi connectivity index (χ1) is 11.1. The lowest BCUT2D eigenvalue weighted by molar-refractivity contribution is -0.117. The third-order valence-electron chi connectivity index (χ3n) is 4.34. The molecule has 2 heterocycles. The first-order valence-corrected chi connectivity index (χ1v) is 8.01. The number of carbonyl (C=O) groups excluding carboxylic acids is 1. The number of carbonyl (C=O) groups is 1. The van der Waals surface area contributed by atoms with Crippen molar-refractivity contribution in [2.45, 2.75) is 25.3 Å². The van der Waals surface area contributed by atoms with E-state index in [1.165, 1.54) is 11.1 Å². The van der Waals surface area contributed by atoms with E-state index in [0.29, 0.717) is 6.42 Å². The minimum Gasteiger partial charge on any atom is -0.469 e. The zero-order valence-corrected chi connectivity index (χ0v) is 13.4. The van der Waals surface area contributed by atoms with E-state index in [-0.39, 0.29) is 5.91 Å². The summed E-state index contributed by atoms with van der Waals surface area (Å²) in [5.41, 5.74) is 9.45. The largest absolute Gasteiger partial charge is 0.469 e. The lowest BCUT2D eigenvalue weighted by atomic mass is 10.0. The molecule has 0 fully saturated rings. The number of furan rings is 1. The summed E-state index contributed by atoms with van der Waals surface area (Å²) in [5.74, 6) is 0.532. The molecule has 5 nitrogen and oxygen atoms in total. The van der Waals surface area contributed by atoms with Crippen molar-refractivity contribution in [1.82, 2.24) is 4.90 Å². The van der Waals surface area contributed by atoms with Crippen LogP contribution in [0.5, 0.6) is 0 Å². The van der Waals surface area contributed by atoms with E-state index in [9.17, 15) is 4.79 Å². The van der Waals surface area contributed by atoms with E-state index in [0.717, 1.165) is 37.4 Å². The van der Waals surface area contributed by atoms with Gasteiger partial charge in [-0.2, -0.15) is 0 Å². The Morgan fingerprint density at radius 2 is 2.09 bits per heavy atom. The van der Waals surface area contributed by atoms with Crippen LogP contribution in [0.4, 0.5) is 5.69 Å². The van der Waals surface area contributed by atoms with Crippen LogP contribution in [-0.2, 0) is 24.1 Å². The molecule has 122 valence electrons. The van der Waals surface area contributed by atoms with Crippen LogP contribution in [-0.4, -0.2) is 37.0 Å². The van der Waals surface area contributed by atoms with Gasteiger partial charge in [-0.25, -0.2) is 0 Å². The smallest absolute Gasteiger partial charge is 0.241 e. The normalized spacial score (nSPS) is 16.4. The summed E-state index contributed by atoms with van der Waals surface area (Å²) < 4.78 is 5.24. The summed E-state index contributed by atoms with van der Waals surface area (Å²) in [5, 5.41) is 2.92. The Kier molecular flexibility index (Phi) is 4.79. The predicted octanol–water partition coefficient (Wildman–Crippen LogP) is 1.82. The SMILES string of the molecule is CN1CCc2ccc(NC(=O)C(N)Cc3ccco3)cc2CC1. The average molecular weight is 313 g/mol. The van der Waals surface area contributed by atoms with Crippen molar-refractivity contribution in [2.75, 3.05) is 25.5 Å². The number of rotatable bonds is 4. The summed E-state index contributed by atoms with van der Waals surface area (Å²) in [6, 6.07) is 9.15. The van der Waals surface area contributed by atoms with Crippen LogP contribution in [0.15, 0.2) is 41.0 Å². The molecule has 3 N–H and O–H groups in total. The number of benzene rings is 1. The molecule has 2 aromatic rings. The van der Waals surface area contributed by atoms with Crippen molar-refractivity contribution < 1.29 is 9.21 Å². The molecule has 0 aliphatic carbocycles. The van der Waals surface area contributed by atoms with Gasteiger partial charge in [-0.1, -0.05) is 6.07 Å². The molecule has 1 atom stereocenters. The lowest BCUT2D eigenvalue weighted by Gasteiger charge is -2.13. The van der Waals surface area contributed by atoms with Gasteiger partial charge < -0.3 is 20.4 Å². The van der Waals surface area contributed by atoms with Gasteiger partial charge in [0.15, 0.2) is 0 Å². The molecule has 0 spiro atoms. The minimum absolute atomic E-state index is 0.188. The van der Waals surface area contributed by atoms with Crippen LogP contribution in [0.2, 0.25) is 0 Å². The molecule has 1 unspecified atom stereocenters. The molecule has 1 aliphatic rings. The minimum atomic E-state index is -0.619. The summed E-state index contributed by atoms with van der Waals surface area (Å²) in [7, 11) is 2.14. The third kappa shape index (κ3) is 4.00. The van der Waals surface area contributed by atoms with Gasteiger partial charge in [-0.15, -0.1) is 0 Å². The second kappa shape index (κ2) is 6.98. The Morgan fingerprint density at radius 3 is 2.83 bits per heavy atom. The zero-order valence-electron chi connectivity index (χ0n) is 13.4. The van der Waals surface area contributed by atoms with Crippen LogP contribution in [0.1, 0.15) is 16.9 Å². The summed E-state index contributed by atoms with van der Waals surface area (Å²) >= 11 is 0. The first kappa shape index (κ1) is 15.8. The number of hydrogen-bond acceptors (Lipinski definition) is 4. The van der Waals surface area contributed by atoms with Crippen molar-refractivity contribution in [3.63, 3.8) is 0 Å². The third-order valence-corrected chi connectivity index (χ3v) is 4.34. The van der Waals surface area contributed by atoms with Gasteiger partial charge in [-0.3, -0.25) is 4.79 Å². The van der Waals surface area contributed by atoms with E-state index >= 15 is 0 Å². The monoisotopic (exact) mass is 313 g/mol. The van der Waals surface area contributed by atoms with Gasteiger partial charge in [0.05, 0.1) is 12.3 Å². The predicted molar refractivity (Wildman–Crippen MR) is 90.4 cm³/mol. The fourth-order valence-corrected chi connectivity index (χ4v) is 2.89. The molecule has 1 aliphatic heterocycles. The zero-order chi connectivity index (χ0) is 16.2. The molecule has 0 saturated heterocycles. The molecule has 1 aromatic heterocycles. The highest BCUT2D eigenvalue weighted by atomic mass is 16.3. The van der Waals surface area contributed by atoms with Crippen molar-refractivity contribution in [1.29, 1.82) is 0 Å². The average Bonchev–Trinajstić information content (AvgIpc) is 2.97. The maximum absolute atomic E-state index is 12.2. The van der Waals surface area contributed by atoms with Crippen LogP contribution in [0.3, 0.4) is 0 Å². The number of anilines is 1. The molecule has 0 bridgehead atoms.